The van der Waals surface area contributed by atoms with Gasteiger partial charge in [0.15, 0.2) is 0 Å². The second kappa shape index (κ2) is 9.64. The number of hydrogen-bond donors (Lipinski definition) is 2. The normalized spacial score (nSPS) is 15.6. The molecule has 1 aliphatic rings. The predicted molar refractivity (Wildman–Crippen MR) is 103 cm³/mol. The van der Waals surface area contributed by atoms with Crippen molar-refractivity contribution in [1.29, 1.82) is 0 Å². The highest BCUT2D eigenvalue weighted by Gasteiger charge is 2.24. The number of carboxylic acids is 1. The molecule has 0 radical (unpaired) electrons. The van der Waals surface area contributed by atoms with Gasteiger partial charge in [0.2, 0.25) is 0 Å². The zero-order valence-corrected chi connectivity index (χ0v) is 16.1. The third-order valence-electron chi connectivity index (χ3n) is 4.50. The van der Waals surface area contributed by atoms with Crippen LogP contribution in [0.4, 0.5) is 0 Å². The maximum atomic E-state index is 10.8. The van der Waals surface area contributed by atoms with Crippen LogP contribution in [0, 0.1) is 12.8 Å². The van der Waals surface area contributed by atoms with Crippen LogP contribution in [0.3, 0.4) is 0 Å². The minimum absolute atomic E-state index is 0.0666. The molecule has 6 nitrogen and oxygen atoms in total. The summed E-state index contributed by atoms with van der Waals surface area (Å²) in [6.07, 6.45) is 1.56. The molecule has 1 aliphatic heterocycles. The van der Waals surface area contributed by atoms with Crippen LogP contribution in [0.2, 0.25) is 0 Å². The Morgan fingerprint density at radius 3 is 2.07 bits per heavy atom. The Balaban J connectivity index is 0.000000208. The number of benzene rings is 2. The Morgan fingerprint density at radius 2 is 1.59 bits per heavy atom. The molecule has 0 saturated carbocycles. The average molecular weight is 391 g/mol. The third kappa shape index (κ3) is 7.13. The van der Waals surface area contributed by atoms with Crippen molar-refractivity contribution in [3.63, 3.8) is 0 Å². The summed E-state index contributed by atoms with van der Waals surface area (Å²) in [5, 5.41) is 8.90. The van der Waals surface area contributed by atoms with Crippen LogP contribution in [-0.2, 0) is 21.5 Å². The lowest BCUT2D eigenvalue weighted by Gasteiger charge is -2.29. The van der Waals surface area contributed by atoms with E-state index in [1.165, 1.54) is 17.7 Å². The number of nitrogens with zero attached hydrogens (tertiary/aromatic N) is 1. The van der Waals surface area contributed by atoms with E-state index in [4.69, 9.17) is 9.66 Å². The summed E-state index contributed by atoms with van der Waals surface area (Å²) in [6, 6.07) is 16.3. The Labute approximate surface area is 160 Å². The first-order chi connectivity index (χ1) is 12.8. The van der Waals surface area contributed by atoms with E-state index in [2.05, 4.69) is 17.0 Å². The molecule has 1 fully saturated rings. The van der Waals surface area contributed by atoms with Crippen molar-refractivity contribution in [3.8, 4) is 0 Å². The van der Waals surface area contributed by atoms with Gasteiger partial charge in [0.05, 0.1) is 10.8 Å². The van der Waals surface area contributed by atoms with Crippen molar-refractivity contribution in [1.82, 2.24) is 4.90 Å². The van der Waals surface area contributed by atoms with E-state index >= 15 is 0 Å². The number of piperidine rings is 1. The number of likely N-dealkylation sites (tertiary alicyclic amines) is 1. The van der Waals surface area contributed by atoms with Gasteiger partial charge >= 0.3 is 5.97 Å². The van der Waals surface area contributed by atoms with Gasteiger partial charge in [-0.3, -0.25) is 14.2 Å². The van der Waals surface area contributed by atoms with Crippen LogP contribution in [0.15, 0.2) is 59.5 Å². The van der Waals surface area contributed by atoms with Gasteiger partial charge in [0.1, 0.15) is 0 Å². The fourth-order valence-corrected chi connectivity index (χ4v) is 3.37. The van der Waals surface area contributed by atoms with Crippen molar-refractivity contribution < 1.29 is 22.9 Å². The smallest absolute Gasteiger partial charge is 0.306 e. The highest BCUT2D eigenvalue weighted by atomic mass is 32.2. The summed E-state index contributed by atoms with van der Waals surface area (Å²) in [5.74, 6) is -0.772. The Bertz CT molecular complexity index is 826. The zero-order chi connectivity index (χ0) is 19.9. The molecule has 3 rings (SSSR count). The van der Waals surface area contributed by atoms with Crippen LogP contribution >= 0.6 is 0 Å². The highest BCUT2D eigenvalue weighted by molar-refractivity contribution is 7.85. The summed E-state index contributed by atoms with van der Waals surface area (Å²) in [6.45, 7) is 4.57. The fraction of sp³-hybridized carbons (Fsp3) is 0.350. The molecule has 2 aromatic carbocycles. The van der Waals surface area contributed by atoms with Gasteiger partial charge in [-0.1, -0.05) is 48.0 Å². The molecule has 0 aromatic heterocycles. The Kier molecular flexibility index (Phi) is 7.53. The van der Waals surface area contributed by atoms with Crippen molar-refractivity contribution in [3.05, 3.63) is 65.7 Å². The summed E-state index contributed by atoms with van der Waals surface area (Å²) < 4.78 is 29.6. The topological polar surface area (TPSA) is 94.9 Å². The molecule has 7 heteroatoms. The molecule has 146 valence electrons. The SMILES string of the molecule is Cc1ccc(S(=O)(=O)O)cc1.O=C(O)C1CCN(Cc2ccccc2)CC1. The van der Waals surface area contributed by atoms with Crippen LogP contribution < -0.4 is 0 Å². The molecule has 1 heterocycles. The highest BCUT2D eigenvalue weighted by Crippen LogP contribution is 2.18. The number of carbonyl (C=O) groups is 1. The average Bonchev–Trinajstić information content (AvgIpc) is 2.63. The second-order valence-corrected chi connectivity index (χ2v) is 8.08. The third-order valence-corrected chi connectivity index (χ3v) is 5.37. The van der Waals surface area contributed by atoms with E-state index in [0.29, 0.717) is 0 Å². The van der Waals surface area contributed by atoms with Gasteiger partial charge in [0, 0.05) is 6.54 Å². The van der Waals surface area contributed by atoms with E-state index < -0.39 is 16.1 Å². The fourth-order valence-electron chi connectivity index (χ4n) is 2.89. The lowest BCUT2D eigenvalue weighted by Crippen LogP contribution is -2.35. The second-order valence-electron chi connectivity index (χ2n) is 6.66. The van der Waals surface area contributed by atoms with E-state index in [1.54, 1.807) is 12.1 Å². The summed E-state index contributed by atoms with van der Waals surface area (Å²) >= 11 is 0. The Morgan fingerprint density at radius 1 is 1.04 bits per heavy atom. The van der Waals surface area contributed by atoms with Crippen LogP contribution in [0.25, 0.3) is 0 Å². The quantitative estimate of drug-likeness (QED) is 0.777. The van der Waals surface area contributed by atoms with Crippen LogP contribution in [0.5, 0.6) is 0 Å². The first kappa shape index (κ1) is 21.1. The van der Waals surface area contributed by atoms with E-state index in [-0.39, 0.29) is 10.8 Å². The number of aliphatic carboxylic acids is 1. The first-order valence-corrected chi connectivity index (χ1v) is 10.2. The Hall–Kier alpha value is -2.22. The molecule has 1 saturated heterocycles. The lowest BCUT2D eigenvalue weighted by molar-refractivity contribution is -0.143. The van der Waals surface area contributed by atoms with E-state index in [1.807, 2.05) is 25.1 Å². The first-order valence-electron chi connectivity index (χ1n) is 8.79. The minimum Gasteiger partial charge on any atom is -0.481 e. The monoisotopic (exact) mass is 391 g/mol. The van der Waals surface area contributed by atoms with E-state index in [9.17, 15) is 13.2 Å². The zero-order valence-electron chi connectivity index (χ0n) is 15.3. The molecular weight excluding hydrogens is 366 g/mol. The molecule has 0 bridgehead atoms. The van der Waals surface area contributed by atoms with Crippen LogP contribution in [0.1, 0.15) is 24.0 Å². The number of hydrogen-bond acceptors (Lipinski definition) is 4. The molecule has 2 aromatic rings. The molecule has 0 unspecified atom stereocenters. The maximum Gasteiger partial charge on any atom is 0.306 e. The molecule has 27 heavy (non-hydrogen) atoms. The largest absolute Gasteiger partial charge is 0.481 e. The van der Waals surface area contributed by atoms with Gasteiger partial charge < -0.3 is 5.11 Å². The standard InChI is InChI=1S/C13H17NO2.C7H8O3S/c15-13(16)12-6-8-14(9-7-12)10-11-4-2-1-3-5-11;1-6-2-4-7(5-3-6)11(8,9)10/h1-5,12H,6-10H2,(H,15,16);2-5H,1H3,(H,8,9,10). The van der Waals surface area contributed by atoms with Crippen LogP contribution in [-0.4, -0.2) is 42.0 Å². The maximum absolute atomic E-state index is 10.8. The van der Waals surface area contributed by atoms with Gasteiger partial charge in [-0.15, -0.1) is 0 Å². The molecule has 0 atom stereocenters. The molecule has 0 aliphatic carbocycles. The van der Waals surface area contributed by atoms with Crippen molar-refractivity contribution in [2.24, 2.45) is 5.92 Å². The molecule has 0 amide bonds. The van der Waals surface area contributed by atoms with Gasteiger partial charge in [0.25, 0.3) is 10.1 Å². The lowest BCUT2D eigenvalue weighted by atomic mass is 9.97. The molecule has 0 spiro atoms. The van der Waals surface area contributed by atoms with Gasteiger partial charge in [-0.2, -0.15) is 8.42 Å². The number of aryl methyl sites for hydroxylation is 1. The predicted octanol–water partition coefficient (Wildman–Crippen LogP) is 3.22. The number of carboxylic acid groups (broad SMARTS) is 1. The summed E-state index contributed by atoms with van der Waals surface area (Å²) in [4.78, 5) is 13.1. The summed E-state index contributed by atoms with van der Waals surface area (Å²) in [5.41, 5.74) is 2.26. The number of rotatable bonds is 4. The molecular formula is C20H25NO5S. The van der Waals surface area contributed by atoms with Crippen molar-refractivity contribution >= 4 is 16.1 Å². The molecule has 2 N–H and O–H groups in total. The summed E-state index contributed by atoms with van der Waals surface area (Å²) in [7, 11) is -4.02. The van der Waals surface area contributed by atoms with Crippen molar-refractivity contribution in [2.75, 3.05) is 13.1 Å². The minimum atomic E-state index is -4.02. The van der Waals surface area contributed by atoms with Gasteiger partial charge in [-0.25, -0.2) is 0 Å². The van der Waals surface area contributed by atoms with E-state index in [0.717, 1.165) is 38.0 Å². The van der Waals surface area contributed by atoms with Gasteiger partial charge in [-0.05, 0) is 50.6 Å². The van der Waals surface area contributed by atoms with Crippen molar-refractivity contribution in [2.45, 2.75) is 31.2 Å².